The van der Waals surface area contributed by atoms with Gasteiger partial charge in [-0.05, 0) is 84.2 Å². The summed E-state index contributed by atoms with van der Waals surface area (Å²) in [6.07, 6.45) is -6.77. The average molecular weight is 1210 g/mol. The zero-order valence-electron chi connectivity index (χ0n) is 50.4. The van der Waals surface area contributed by atoms with Crippen molar-refractivity contribution >= 4 is 82.2 Å². The van der Waals surface area contributed by atoms with Crippen LogP contribution in [-0.4, -0.2) is 166 Å². The number of unbranched alkanes of at least 4 members (excludes halogenated alkanes) is 1. The van der Waals surface area contributed by atoms with Gasteiger partial charge in [-0.1, -0.05) is 41.0 Å². The minimum absolute atomic E-state index is 0.0126. The molecule has 0 aromatic carbocycles. The third-order valence-corrected chi connectivity index (χ3v) is 13.9. The number of primary amides is 2. The maximum Gasteiger partial charge on any atom is 0.303 e. The topological polar surface area (TPSA) is 549 Å². The molecule has 0 fully saturated rings. The standard InChI is InChI=1S/C55H98N14O16/c1-28(2)20-39(67-52(84)34(12-8-9-17-56)24-44(76)47(32(7)71)69-49(81)29(3)4)42(74)23-35(14-11-19-64-55(61)62)51(83)66-38(15-16-46(78)79)43(75)25-37(31(6)70)53(85)68-40(26-45(57)77)41(73)21-30(5)50(82)65-27-36(72)22-33(48(58)80)13-10-18-63-54(59)60/h28-35,37-40,47,54,63,70-71H,8-27,56,59-60H2,1-7H3,(H2,57,77)(H2,58,80)(H,65,82)(H,66,83)(H,67,84)(H,68,85)(H,69,81)(H,78,79)(H4,61,62,64)/t30-,31-,32-,33-,34-,35-,37+,38+,39+,40+,47+/m1/s1. The number of aliphatic imine (C=N–C) groups is 1. The minimum atomic E-state index is -1.70. The number of nitrogens with zero attached hydrogens (tertiary/aromatic N) is 1. The molecule has 0 rings (SSSR count). The number of amides is 7. The highest BCUT2D eigenvalue weighted by Gasteiger charge is 2.37. The van der Waals surface area contributed by atoms with E-state index in [4.69, 9.17) is 40.1 Å². The van der Waals surface area contributed by atoms with Crippen molar-refractivity contribution in [3.8, 4) is 0 Å². The van der Waals surface area contributed by atoms with Crippen LogP contribution >= 0.6 is 0 Å². The number of nitrogens with two attached hydrogens (primary N) is 7. The number of aliphatic carboxylic acids is 1. The van der Waals surface area contributed by atoms with Crippen LogP contribution < -0.4 is 72.0 Å². The lowest BCUT2D eigenvalue weighted by Gasteiger charge is -2.27. The SMILES string of the molecule is CC(C)C[C@H](NC(=O)[C@H](CCCCN)CC(=O)[C@@H](NC(=O)C(C)C)[C@@H](C)O)C(=O)C[C@@H](CCCN=C(N)N)C(=O)N[C@@H](CCC(=O)O)C(=O)C[C@H](C(=O)N[C@@H](CC(N)=O)C(=O)C[C@@H](C)C(=O)NCC(=O)C[C@@H](CCCNC(N)N)C(N)=O)[C@@H](C)O. The van der Waals surface area contributed by atoms with E-state index >= 15 is 0 Å². The van der Waals surface area contributed by atoms with Crippen molar-refractivity contribution < 1.29 is 77.6 Å². The van der Waals surface area contributed by atoms with Crippen molar-refractivity contribution in [3.05, 3.63) is 0 Å². The number of Topliss-reactive ketones (excluding diaryl/α,β-unsaturated/α-hetero) is 5. The predicted octanol–water partition coefficient (Wildman–Crippen LogP) is -3.62. The molecule has 30 nitrogen and oxygen atoms in total. The second-order valence-electron chi connectivity index (χ2n) is 22.5. The summed E-state index contributed by atoms with van der Waals surface area (Å²) in [4.78, 5) is 176. The van der Waals surface area contributed by atoms with Gasteiger partial charge in [-0.2, -0.15) is 0 Å². The average Bonchev–Trinajstić information content (AvgIpc) is 3.56. The third kappa shape index (κ3) is 33.4. The molecule has 30 heteroatoms. The number of carbonyl (C=O) groups is 13. The monoisotopic (exact) mass is 1210 g/mol. The number of hydrogen-bond acceptors (Lipinski definition) is 20. The molecule has 7 amide bonds. The zero-order chi connectivity index (χ0) is 65.3. The van der Waals surface area contributed by atoms with Gasteiger partial charge in [0.1, 0.15) is 12.3 Å². The summed E-state index contributed by atoms with van der Waals surface area (Å²) in [5, 5.41) is 46.2. The second-order valence-corrected chi connectivity index (χ2v) is 22.5. The molecule has 0 spiro atoms. The Labute approximate surface area is 497 Å². The molecule has 0 radical (unpaired) electrons. The molecule has 0 saturated heterocycles. The number of aliphatic hydroxyl groups is 2. The Kier molecular flexibility index (Phi) is 37.9. The molecule has 0 aliphatic carbocycles. The van der Waals surface area contributed by atoms with Crippen LogP contribution in [0.4, 0.5) is 0 Å². The van der Waals surface area contributed by atoms with Crippen molar-refractivity contribution in [1.82, 2.24) is 31.9 Å². The fourth-order valence-corrected chi connectivity index (χ4v) is 8.95. The molecular formula is C55H98N14O16. The van der Waals surface area contributed by atoms with E-state index < -0.39 is 206 Å². The highest BCUT2D eigenvalue weighted by molar-refractivity contribution is 5.99. The number of aliphatic hydroxyl groups excluding tert-OH is 2. The van der Waals surface area contributed by atoms with Gasteiger partial charge in [0.2, 0.25) is 41.4 Å². The molecule has 0 heterocycles. The predicted molar refractivity (Wildman–Crippen MR) is 312 cm³/mol. The molecule has 0 aliphatic heterocycles. The molecule has 0 bridgehead atoms. The van der Waals surface area contributed by atoms with Crippen LogP contribution in [0, 0.1) is 41.4 Å². The fraction of sp³-hybridized carbons (Fsp3) is 0.745. The number of ketones is 5. The van der Waals surface area contributed by atoms with Gasteiger partial charge in [0.05, 0.1) is 49.2 Å². The number of rotatable bonds is 48. The minimum Gasteiger partial charge on any atom is -0.481 e. The summed E-state index contributed by atoms with van der Waals surface area (Å²) in [5.41, 5.74) is 38.5. The normalized spacial score (nSPS) is 15.3. The molecule has 0 aliphatic rings. The van der Waals surface area contributed by atoms with E-state index in [1.54, 1.807) is 27.7 Å². The number of carboxylic acids is 1. The molecule has 0 unspecified atom stereocenters. The number of nitrogens with one attached hydrogen (secondary N) is 6. The van der Waals surface area contributed by atoms with Crippen molar-refractivity contribution in [2.24, 2.45) is 86.6 Å². The van der Waals surface area contributed by atoms with Crippen molar-refractivity contribution in [3.63, 3.8) is 0 Å². The van der Waals surface area contributed by atoms with Gasteiger partial charge in [0.15, 0.2) is 34.9 Å². The quantitative estimate of drug-likeness (QED) is 0.0121. The fourth-order valence-electron chi connectivity index (χ4n) is 8.95. The van der Waals surface area contributed by atoms with Crippen LogP contribution in [0.25, 0.3) is 0 Å². The van der Waals surface area contributed by atoms with Crippen molar-refractivity contribution in [2.75, 3.05) is 26.2 Å². The highest BCUT2D eigenvalue weighted by atomic mass is 16.4. The van der Waals surface area contributed by atoms with Crippen molar-refractivity contribution in [1.29, 1.82) is 0 Å². The summed E-state index contributed by atoms with van der Waals surface area (Å²) in [6, 6.07) is -5.92. The number of guanidine groups is 1. The lowest BCUT2D eigenvalue weighted by molar-refractivity contribution is -0.140. The van der Waals surface area contributed by atoms with Crippen LogP contribution in [0.2, 0.25) is 0 Å². The Morgan fingerprint density at radius 1 is 0.529 bits per heavy atom. The van der Waals surface area contributed by atoms with Crippen LogP contribution in [0.5, 0.6) is 0 Å². The van der Waals surface area contributed by atoms with Gasteiger partial charge >= 0.3 is 5.97 Å². The van der Waals surface area contributed by atoms with Crippen LogP contribution in [0.3, 0.4) is 0 Å². The van der Waals surface area contributed by atoms with Gasteiger partial charge in [0, 0.05) is 74.7 Å². The van der Waals surface area contributed by atoms with E-state index in [2.05, 4.69) is 36.9 Å². The third-order valence-electron chi connectivity index (χ3n) is 13.9. The van der Waals surface area contributed by atoms with E-state index in [-0.39, 0.29) is 63.5 Å². The lowest BCUT2D eigenvalue weighted by Crippen LogP contribution is -2.51. The molecule has 0 aromatic heterocycles. The Bertz CT molecular complexity index is 2280. The molecule has 85 heavy (non-hydrogen) atoms. The maximum atomic E-state index is 14.4. The van der Waals surface area contributed by atoms with E-state index in [9.17, 15) is 77.6 Å². The molecule has 11 atom stereocenters. The summed E-state index contributed by atoms with van der Waals surface area (Å²) >= 11 is 0. The highest BCUT2D eigenvalue weighted by Crippen LogP contribution is 2.23. The van der Waals surface area contributed by atoms with E-state index in [0.717, 1.165) is 6.92 Å². The van der Waals surface area contributed by atoms with Gasteiger partial charge in [-0.25, -0.2) is 0 Å². The Hall–Kier alpha value is -6.86. The van der Waals surface area contributed by atoms with Gasteiger partial charge in [-0.15, -0.1) is 0 Å². The van der Waals surface area contributed by atoms with Crippen LogP contribution in [0.1, 0.15) is 151 Å². The summed E-state index contributed by atoms with van der Waals surface area (Å²) < 4.78 is 0. The number of carbonyl (C=O) groups excluding carboxylic acids is 12. The lowest BCUT2D eigenvalue weighted by atomic mass is 9.87. The smallest absolute Gasteiger partial charge is 0.303 e. The Morgan fingerprint density at radius 2 is 1.07 bits per heavy atom. The molecule has 23 N–H and O–H groups in total. The van der Waals surface area contributed by atoms with E-state index in [0.29, 0.717) is 25.8 Å². The largest absolute Gasteiger partial charge is 0.481 e. The Morgan fingerprint density at radius 3 is 1.58 bits per heavy atom. The number of hydrogen-bond donors (Lipinski definition) is 16. The van der Waals surface area contributed by atoms with E-state index in [1.165, 1.54) is 13.8 Å². The van der Waals surface area contributed by atoms with Crippen molar-refractivity contribution in [2.45, 2.75) is 194 Å². The first kappa shape index (κ1) is 78.1. The molecule has 0 saturated carbocycles. The van der Waals surface area contributed by atoms with E-state index in [1.807, 2.05) is 0 Å². The summed E-state index contributed by atoms with van der Waals surface area (Å²) in [6.45, 7) is 10.6. The van der Waals surface area contributed by atoms with Gasteiger partial charge in [0.25, 0.3) is 0 Å². The molecule has 0 aromatic rings. The first-order valence-electron chi connectivity index (χ1n) is 28.9. The van der Waals surface area contributed by atoms with Crippen LogP contribution in [-0.2, 0) is 62.3 Å². The first-order valence-corrected chi connectivity index (χ1v) is 28.9. The Balaban J connectivity index is 6.69. The zero-order valence-corrected chi connectivity index (χ0v) is 50.4. The summed E-state index contributed by atoms with van der Waals surface area (Å²) in [5.74, 6) is -17.9. The van der Waals surface area contributed by atoms with Gasteiger partial charge < -0.3 is 82.0 Å². The maximum absolute atomic E-state index is 14.4. The number of carboxylic acid groups (broad SMARTS) is 1. The molecular weight excluding hydrogens is 1110 g/mol. The van der Waals surface area contributed by atoms with Crippen LogP contribution in [0.15, 0.2) is 4.99 Å². The first-order chi connectivity index (χ1) is 39.6. The van der Waals surface area contributed by atoms with Gasteiger partial charge in [-0.3, -0.25) is 72.6 Å². The molecule has 484 valence electrons. The summed E-state index contributed by atoms with van der Waals surface area (Å²) in [7, 11) is 0. The second kappa shape index (κ2) is 41.2.